The van der Waals surface area contributed by atoms with Gasteiger partial charge >= 0.3 is 0 Å². The second-order valence-electron chi connectivity index (χ2n) is 6.24. The molecule has 5 heteroatoms. The van der Waals surface area contributed by atoms with Gasteiger partial charge in [0.1, 0.15) is 11.6 Å². The van der Waals surface area contributed by atoms with Gasteiger partial charge in [-0.3, -0.25) is 4.79 Å². The maximum absolute atomic E-state index is 11.9. The number of hydrogen-bond acceptors (Lipinski definition) is 4. The molecule has 2 aromatic rings. The Bertz CT molecular complexity index is 809. The van der Waals surface area contributed by atoms with Crippen molar-refractivity contribution in [1.82, 2.24) is 10.3 Å². The van der Waals surface area contributed by atoms with E-state index < -0.39 is 0 Å². The molecule has 0 aliphatic carbocycles. The molecule has 0 spiro atoms. The third-order valence-electron chi connectivity index (χ3n) is 4.35. The number of aromatic nitrogens is 1. The van der Waals surface area contributed by atoms with Crippen molar-refractivity contribution in [2.75, 3.05) is 24.6 Å². The van der Waals surface area contributed by atoms with Crippen molar-refractivity contribution in [2.24, 2.45) is 0 Å². The molecule has 5 nitrogen and oxygen atoms in total. The largest absolute Gasteiger partial charge is 0.494 e. The van der Waals surface area contributed by atoms with Crippen LogP contribution in [0.2, 0.25) is 0 Å². The summed E-state index contributed by atoms with van der Waals surface area (Å²) >= 11 is 0. The van der Waals surface area contributed by atoms with Crippen LogP contribution in [0.1, 0.15) is 34.8 Å². The Morgan fingerprint density at radius 1 is 1.35 bits per heavy atom. The maximum atomic E-state index is 11.9. The van der Waals surface area contributed by atoms with E-state index in [0.29, 0.717) is 5.56 Å². The number of nitrogens with one attached hydrogen (secondary N) is 1. The van der Waals surface area contributed by atoms with Gasteiger partial charge in [-0.15, -0.1) is 6.42 Å². The minimum atomic E-state index is -0.203. The third kappa shape index (κ3) is 4.15. The lowest BCUT2D eigenvalue weighted by molar-refractivity contribution is 0.0958. The molecule has 0 saturated carbocycles. The van der Waals surface area contributed by atoms with Crippen molar-refractivity contribution in [1.29, 1.82) is 0 Å². The summed E-state index contributed by atoms with van der Waals surface area (Å²) in [6, 6.07) is 9.98. The van der Waals surface area contributed by atoms with Gasteiger partial charge in [-0.1, -0.05) is 18.9 Å². The third-order valence-corrected chi connectivity index (χ3v) is 4.35. The summed E-state index contributed by atoms with van der Waals surface area (Å²) in [4.78, 5) is 18.6. The molecule has 0 radical (unpaired) electrons. The summed E-state index contributed by atoms with van der Waals surface area (Å²) in [7, 11) is 0. The number of carbonyl (C=O) groups is 1. The van der Waals surface area contributed by atoms with Gasteiger partial charge in [0.15, 0.2) is 0 Å². The second-order valence-corrected chi connectivity index (χ2v) is 6.24. The molecule has 0 fully saturated rings. The number of carbonyl (C=O) groups excluding carboxylic acids is 1. The van der Waals surface area contributed by atoms with Gasteiger partial charge in [-0.2, -0.15) is 0 Å². The van der Waals surface area contributed by atoms with Crippen LogP contribution in [0, 0.1) is 12.3 Å². The second kappa shape index (κ2) is 8.39. The van der Waals surface area contributed by atoms with Crippen LogP contribution >= 0.6 is 0 Å². The molecule has 26 heavy (non-hydrogen) atoms. The summed E-state index contributed by atoms with van der Waals surface area (Å²) in [6.45, 7) is 4.76. The van der Waals surface area contributed by atoms with Crippen LogP contribution in [-0.4, -0.2) is 30.6 Å². The number of nitrogens with zero attached hydrogens (tertiary/aromatic N) is 2. The lowest BCUT2D eigenvalue weighted by Crippen LogP contribution is -2.31. The van der Waals surface area contributed by atoms with Gasteiger partial charge < -0.3 is 15.0 Å². The number of ether oxygens (including phenoxy) is 1. The van der Waals surface area contributed by atoms with E-state index in [1.54, 1.807) is 12.3 Å². The molecule has 1 aliphatic heterocycles. The molecular formula is C21H23N3O2. The van der Waals surface area contributed by atoms with Gasteiger partial charge in [0.25, 0.3) is 5.91 Å². The fraction of sp³-hybridized carbons (Fsp3) is 0.333. The molecule has 1 aromatic heterocycles. The maximum Gasteiger partial charge on any atom is 0.253 e. The topological polar surface area (TPSA) is 54.5 Å². The highest BCUT2D eigenvalue weighted by atomic mass is 16.5. The standard InChI is InChI=1S/C21H23N3O2/c1-3-10-22-21(25)17-6-8-20(23-14-17)24-11-9-16-13-19(26-12-4-2)7-5-18(16)15-24/h1,5-8,13-14H,4,9-12,15H2,2H3,(H,22,25). The minimum Gasteiger partial charge on any atom is -0.494 e. The average molecular weight is 349 g/mol. The first-order valence-corrected chi connectivity index (χ1v) is 8.88. The highest BCUT2D eigenvalue weighted by Gasteiger charge is 2.18. The van der Waals surface area contributed by atoms with E-state index in [2.05, 4.69) is 40.2 Å². The monoisotopic (exact) mass is 349 g/mol. The lowest BCUT2D eigenvalue weighted by Gasteiger charge is -2.30. The van der Waals surface area contributed by atoms with E-state index in [1.807, 2.05) is 12.1 Å². The summed E-state index contributed by atoms with van der Waals surface area (Å²) in [5.41, 5.74) is 3.14. The predicted molar refractivity (Wildman–Crippen MR) is 102 cm³/mol. The molecule has 0 bridgehead atoms. The fourth-order valence-electron chi connectivity index (χ4n) is 2.98. The van der Waals surface area contributed by atoms with Gasteiger partial charge in [0.2, 0.25) is 0 Å². The fourth-order valence-corrected chi connectivity index (χ4v) is 2.98. The van der Waals surface area contributed by atoms with Crippen molar-refractivity contribution in [3.05, 3.63) is 53.2 Å². The number of anilines is 1. The van der Waals surface area contributed by atoms with E-state index in [4.69, 9.17) is 11.2 Å². The van der Waals surface area contributed by atoms with Gasteiger partial charge in [-0.05, 0) is 48.2 Å². The Hall–Kier alpha value is -3.00. The highest BCUT2D eigenvalue weighted by molar-refractivity contribution is 5.94. The molecule has 1 aliphatic rings. The van der Waals surface area contributed by atoms with Crippen LogP contribution < -0.4 is 15.0 Å². The summed E-state index contributed by atoms with van der Waals surface area (Å²) in [5, 5.41) is 2.64. The Labute approximate surface area is 154 Å². The van der Waals surface area contributed by atoms with Crippen LogP contribution in [0.5, 0.6) is 5.75 Å². The number of benzene rings is 1. The normalized spacial score (nSPS) is 12.8. The van der Waals surface area contributed by atoms with Gasteiger partial charge in [0, 0.05) is 19.3 Å². The first kappa shape index (κ1) is 17.8. The summed E-state index contributed by atoms with van der Waals surface area (Å²) < 4.78 is 5.72. The molecule has 0 atom stereocenters. The Morgan fingerprint density at radius 2 is 2.23 bits per heavy atom. The number of terminal acetylenes is 1. The molecule has 0 unspecified atom stereocenters. The molecule has 1 aromatic carbocycles. The van der Waals surface area contributed by atoms with E-state index in [0.717, 1.165) is 44.1 Å². The van der Waals surface area contributed by atoms with Crippen molar-refractivity contribution < 1.29 is 9.53 Å². The molecule has 134 valence electrons. The van der Waals surface area contributed by atoms with Crippen molar-refractivity contribution >= 4 is 11.7 Å². The number of amides is 1. The zero-order valence-electron chi connectivity index (χ0n) is 15.0. The molecule has 1 N–H and O–H groups in total. The first-order chi connectivity index (χ1) is 12.7. The van der Waals surface area contributed by atoms with Gasteiger partial charge in [-0.25, -0.2) is 4.98 Å². The lowest BCUT2D eigenvalue weighted by atomic mass is 9.99. The highest BCUT2D eigenvalue weighted by Crippen LogP contribution is 2.26. The number of fused-ring (bicyclic) bond motifs is 1. The molecule has 0 saturated heterocycles. The number of hydrogen-bond donors (Lipinski definition) is 1. The van der Waals surface area contributed by atoms with E-state index >= 15 is 0 Å². The first-order valence-electron chi connectivity index (χ1n) is 8.88. The smallest absolute Gasteiger partial charge is 0.253 e. The quantitative estimate of drug-likeness (QED) is 0.815. The molecule has 2 heterocycles. The molecule has 1 amide bonds. The Kier molecular flexibility index (Phi) is 5.75. The van der Waals surface area contributed by atoms with Gasteiger partial charge in [0.05, 0.1) is 18.7 Å². The zero-order valence-corrected chi connectivity index (χ0v) is 15.0. The Morgan fingerprint density at radius 3 is 2.96 bits per heavy atom. The SMILES string of the molecule is C#CCNC(=O)c1ccc(N2CCc3cc(OCCC)ccc3C2)nc1. The summed E-state index contributed by atoms with van der Waals surface area (Å²) in [6.07, 6.45) is 8.71. The molecular weight excluding hydrogens is 326 g/mol. The van der Waals surface area contributed by atoms with Crippen LogP contribution in [-0.2, 0) is 13.0 Å². The van der Waals surface area contributed by atoms with Crippen LogP contribution in [0.3, 0.4) is 0 Å². The predicted octanol–water partition coefficient (Wildman–Crippen LogP) is 2.80. The van der Waals surface area contributed by atoms with E-state index in [-0.39, 0.29) is 12.5 Å². The zero-order chi connectivity index (χ0) is 18.4. The van der Waals surface area contributed by atoms with Crippen LogP contribution in [0.25, 0.3) is 0 Å². The number of rotatable bonds is 6. The Balaban J connectivity index is 1.67. The number of pyridine rings is 1. The average Bonchev–Trinajstić information content (AvgIpc) is 2.70. The van der Waals surface area contributed by atoms with Crippen LogP contribution in [0.15, 0.2) is 36.5 Å². The van der Waals surface area contributed by atoms with E-state index in [1.165, 1.54) is 11.1 Å². The van der Waals surface area contributed by atoms with Crippen molar-refractivity contribution in [2.45, 2.75) is 26.3 Å². The molecule has 3 rings (SSSR count). The van der Waals surface area contributed by atoms with Crippen molar-refractivity contribution in [3.63, 3.8) is 0 Å². The minimum absolute atomic E-state index is 0.203. The van der Waals surface area contributed by atoms with Crippen molar-refractivity contribution in [3.8, 4) is 18.1 Å². The summed E-state index contributed by atoms with van der Waals surface area (Å²) in [5.74, 6) is 4.00. The van der Waals surface area contributed by atoms with Crippen LogP contribution in [0.4, 0.5) is 5.82 Å². The van der Waals surface area contributed by atoms with E-state index in [9.17, 15) is 4.79 Å².